The van der Waals surface area contributed by atoms with E-state index in [1.165, 1.54) is 11.2 Å². The van der Waals surface area contributed by atoms with Crippen molar-refractivity contribution in [2.45, 2.75) is 148 Å². The number of benzene rings is 2. The summed E-state index contributed by atoms with van der Waals surface area (Å²) in [5, 5.41) is 14.6. The Balaban J connectivity index is 1.60. The predicted octanol–water partition coefficient (Wildman–Crippen LogP) is 9.79. The van der Waals surface area contributed by atoms with Gasteiger partial charge < -0.3 is 39.1 Å². The average Bonchev–Trinajstić information content (AvgIpc) is 3.65. The highest BCUT2D eigenvalue weighted by Gasteiger charge is 2.55. The summed E-state index contributed by atoms with van der Waals surface area (Å²) in [6.45, 7) is 34.4. The molecule has 1 aliphatic rings. The number of nitrogen functional groups attached to an aromatic ring is 1. The molecule has 2 aromatic carbocycles. The Labute approximate surface area is 361 Å². The van der Waals surface area contributed by atoms with E-state index in [0.717, 1.165) is 11.1 Å². The van der Waals surface area contributed by atoms with Crippen LogP contribution in [0.5, 0.6) is 5.75 Å². The number of carbonyl (C=O) groups excluding carboxylic acids is 1. The van der Waals surface area contributed by atoms with E-state index in [2.05, 4.69) is 112 Å². The Hall–Kier alpha value is -3.65. The van der Waals surface area contributed by atoms with Gasteiger partial charge in [0.25, 0.3) is 5.91 Å². The van der Waals surface area contributed by atoms with Crippen LogP contribution in [0.1, 0.15) is 84.5 Å². The standard InChI is InChI=1S/C44H71N7O6Si3/c1-42(2,3)58(12,13)54-26-33-35(56-59(14,15)43(4,5)6)36(57-60(16,17)44(7,8)9)40(55-33)51-38-34(37(45)47-27-48-38)49-41(51)46-25-28-21-22-31(32(52)23-28)29-19-18-20-30(24-29)39(53)50(10)11/h18-24,27,33,35-36,40,52H,25-26H2,1-17H3,(H,46,49)(H2,45,47,48)/t33-,35-,36-,40-/m1/s1. The third-order valence-electron chi connectivity index (χ3n) is 13.3. The van der Waals surface area contributed by atoms with Gasteiger partial charge in [-0.2, -0.15) is 0 Å². The Morgan fingerprint density at radius 1 is 0.867 bits per heavy atom. The van der Waals surface area contributed by atoms with Crippen LogP contribution in [-0.4, -0.2) is 99.4 Å². The summed E-state index contributed by atoms with van der Waals surface area (Å²) < 4.78 is 31.0. The van der Waals surface area contributed by atoms with Crippen LogP contribution in [0.3, 0.4) is 0 Å². The minimum Gasteiger partial charge on any atom is -0.507 e. The van der Waals surface area contributed by atoms with E-state index in [4.69, 9.17) is 33.7 Å². The molecule has 330 valence electrons. The van der Waals surface area contributed by atoms with Crippen LogP contribution in [-0.2, 0) is 24.6 Å². The summed E-state index contributed by atoms with van der Waals surface area (Å²) in [5.74, 6) is 0.678. The maximum atomic E-state index is 12.7. The third kappa shape index (κ3) is 9.85. The lowest BCUT2D eigenvalue weighted by atomic mass is 10.00. The Morgan fingerprint density at radius 2 is 1.47 bits per heavy atom. The lowest BCUT2D eigenvalue weighted by Gasteiger charge is -2.44. The maximum Gasteiger partial charge on any atom is 0.253 e. The molecular weight excluding hydrogens is 807 g/mol. The molecular formula is C44H71N7O6Si3. The van der Waals surface area contributed by atoms with Gasteiger partial charge in [-0.05, 0) is 83.7 Å². The first-order chi connectivity index (χ1) is 27.5. The quantitative estimate of drug-likeness (QED) is 0.110. The van der Waals surface area contributed by atoms with Crippen LogP contribution < -0.4 is 11.1 Å². The molecule has 0 radical (unpaired) electrons. The fourth-order valence-electron chi connectivity index (χ4n) is 6.34. The number of phenolic OH excluding ortho intramolecular Hbond substituents is 1. The average molecular weight is 878 g/mol. The van der Waals surface area contributed by atoms with Crippen molar-refractivity contribution in [1.29, 1.82) is 0 Å². The van der Waals surface area contributed by atoms with Crippen molar-refractivity contribution in [1.82, 2.24) is 24.4 Å². The highest BCUT2D eigenvalue weighted by Crippen LogP contribution is 2.48. The normalized spacial score (nSPS) is 19.6. The molecule has 13 nitrogen and oxygen atoms in total. The summed E-state index contributed by atoms with van der Waals surface area (Å²) in [5.41, 5.74) is 10.1. The van der Waals surface area contributed by atoms with Gasteiger partial charge in [0, 0.05) is 31.8 Å². The molecule has 2 aromatic heterocycles. The number of ether oxygens (including phenoxy) is 1. The fourth-order valence-corrected chi connectivity index (χ4v) is 9.96. The van der Waals surface area contributed by atoms with Crippen molar-refractivity contribution < 1.29 is 27.9 Å². The number of nitrogens with zero attached hydrogens (tertiary/aromatic N) is 5. The monoisotopic (exact) mass is 877 g/mol. The van der Waals surface area contributed by atoms with Crippen LogP contribution in [0.15, 0.2) is 48.8 Å². The van der Waals surface area contributed by atoms with Gasteiger partial charge in [-0.1, -0.05) is 86.6 Å². The molecule has 4 atom stereocenters. The number of fused-ring (bicyclic) bond motifs is 1. The lowest BCUT2D eigenvalue weighted by Crippen LogP contribution is -2.54. The van der Waals surface area contributed by atoms with E-state index in [1.54, 1.807) is 32.3 Å². The van der Waals surface area contributed by atoms with Gasteiger partial charge in [0.15, 0.2) is 48.2 Å². The van der Waals surface area contributed by atoms with Gasteiger partial charge in [-0.25, -0.2) is 15.0 Å². The number of aromatic hydroxyl groups is 1. The van der Waals surface area contributed by atoms with Gasteiger partial charge in [0.2, 0.25) is 5.95 Å². The summed E-state index contributed by atoms with van der Waals surface area (Å²) in [6.07, 6.45) is -0.765. The van der Waals surface area contributed by atoms with Crippen molar-refractivity contribution in [2.24, 2.45) is 0 Å². The maximum absolute atomic E-state index is 12.7. The van der Waals surface area contributed by atoms with Crippen LogP contribution in [0, 0.1) is 0 Å². The molecule has 5 rings (SSSR count). The largest absolute Gasteiger partial charge is 0.507 e. The molecule has 1 saturated heterocycles. The summed E-state index contributed by atoms with van der Waals surface area (Å²) in [7, 11) is -3.64. The summed E-state index contributed by atoms with van der Waals surface area (Å²) in [4.78, 5) is 28.2. The van der Waals surface area contributed by atoms with Crippen molar-refractivity contribution >= 4 is 53.8 Å². The number of nitrogens with two attached hydrogens (primary N) is 1. The molecule has 1 amide bonds. The molecule has 0 spiro atoms. The minimum atomic E-state index is -2.47. The molecule has 1 fully saturated rings. The summed E-state index contributed by atoms with van der Waals surface area (Å²) in [6, 6.07) is 12.8. The lowest BCUT2D eigenvalue weighted by molar-refractivity contribution is -0.0461. The number of imidazole rings is 1. The fraction of sp³-hybridized carbons (Fsp3) is 0.591. The number of aromatic nitrogens is 4. The van der Waals surface area contributed by atoms with Crippen molar-refractivity contribution in [3.05, 3.63) is 59.9 Å². The van der Waals surface area contributed by atoms with Crippen molar-refractivity contribution in [3.8, 4) is 16.9 Å². The van der Waals surface area contributed by atoms with Gasteiger partial charge >= 0.3 is 0 Å². The molecule has 16 heteroatoms. The number of anilines is 2. The van der Waals surface area contributed by atoms with E-state index in [9.17, 15) is 9.90 Å². The van der Waals surface area contributed by atoms with Crippen LogP contribution in [0.2, 0.25) is 54.4 Å². The number of hydrogen-bond donors (Lipinski definition) is 3. The first-order valence-corrected chi connectivity index (χ1v) is 29.7. The number of rotatable bonds is 13. The molecule has 60 heavy (non-hydrogen) atoms. The number of phenols is 1. The Kier molecular flexibility index (Phi) is 13.4. The second-order valence-electron chi connectivity index (χ2n) is 21.0. The van der Waals surface area contributed by atoms with Gasteiger partial charge in [0.05, 0.1) is 6.61 Å². The molecule has 0 aliphatic carbocycles. The summed E-state index contributed by atoms with van der Waals surface area (Å²) >= 11 is 0. The van der Waals surface area contributed by atoms with Crippen molar-refractivity contribution in [2.75, 3.05) is 31.8 Å². The van der Waals surface area contributed by atoms with E-state index >= 15 is 0 Å². The van der Waals surface area contributed by atoms with Crippen LogP contribution in [0.4, 0.5) is 11.8 Å². The highest BCUT2D eigenvalue weighted by molar-refractivity contribution is 6.75. The molecule has 0 saturated carbocycles. The number of carbonyl (C=O) groups is 1. The van der Waals surface area contributed by atoms with Crippen LogP contribution >= 0.6 is 0 Å². The number of amides is 1. The van der Waals surface area contributed by atoms with E-state index in [0.29, 0.717) is 41.4 Å². The predicted molar refractivity (Wildman–Crippen MR) is 250 cm³/mol. The number of nitrogens with one attached hydrogen (secondary N) is 1. The zero-order valence-electron chi connectivity index (χ0n) is 39.1. The van der Waals surface area contributed by atoms with Crippen molar-refractivity contribution in [3.63, 3.8) is 0 Å². The highest BCUT2D eigenvalue weighted by atomic mass is 28.4. The first kappa shape index (κ1) is 47.4. The van der Waals surface area contributed by atoms with Gasteiger partial charge in [-0.3, -0.25) is 9.36 Å². The third-order valence-corrected chi connectivity index (χ3v) is 26.7. The second-order valence-corrected chi connectivity index (χ2v) is 35.4. The van der Waals surface area contributed by atoms with E-state index < -0.39 is 49.5 Å². The number of hydrogen-bond acceptors (Lipinski definition) is 11. The Bertz CT molecular complexity index is 2170. The smallest absolute Gasteiger partial charge is 0.253 e. The molecule has 3 heterocycles. The van der Waals surface area contributed by atoms with Gasteiger partial charge in [0.1, 0.15) is 30.4 Å². The van der Waals surface area contributed by atoms with Gasteiger partial charge in [-0.15, -0.1) is 0 Å². The molecule has 4 N–H and O–H groups in total. The zero-order chi connectivity index (χ0) is 45.0. The molecule has 0 bridgehead atoms. The molecule has 1 aliphatic heterocycles. The second kappa shape index (κ2) is 16.9. The van der Waals surface area contributed by atoms with Crippen LogP contribution in [0.25, 0.3) is 22.3 Å². The van der Waals surface area contributed by atoms with E-state index in [-0.39, 0.29) is 32.6 Å². The minimum absolute atomic E-state index is 0.00822. The zero-order valence-corrected chi connectivity index (χ0v) is 42.1. The topological polar surface area (TPSA) is 159 Å². The van der Waals surface area contributed by atoms with E-state index in [1.807, 2.05) is 28.8 Å². The SMILES string of the molecule is CN(C)C(=O)c1cccc(-c2ccc(CNc3nc4c(N)ncnc4n3[C@@H]3O[C@H](CO[Si](C)(C)C(C)(C)C)[C@@H](O[Si](C)(C)C(C)(C)C)[C@H]3O[Si](C)(C)C(C)(C)C)cc2O)c1. The first-order valence-electron chi connectivity index (χ1n) is 21.0. The molecule has 4 aromatic rings. The molecule has 0 unspecified atom stereocenters. The Morgan fingerprint density at radius 3 is 2.03 bits per heavy atom.